The van der Waals surface area contributed by atoms with Crippen LogP contribution in [0.5, 0.6) is 0 Å². The van der Waals surface area contributed by atoms with Gasteiger partial charge in [-0.1, -0.05) is 29.3 Å². The zero-order valence-corrected chi connectivity index (χ0v) is 21.1. The van der Waals surface area contributed by atoms with Crippen molar-refractivity contribution in [3.63, 3.8) is 0 Å². The third-order valence-corrected chi connectivity index (χ3v) is 9.41. The Balaban J connectivity index is 1.25. The average molecular weight is 517 g/mol. The number of benzene rings is 1. The zero-order chi connectivity index (χ0) is 24.4. The molecule has 4 aliphatic carbocycles. The lowest BCUT2D eigenvalue weighted by molar-refractivity contribution is -0.151. The Hall–Kier alpha value is -2.25. The number of hydrogen-bond donors (Lipinski definition) is 1. The quantitative estimate of drug-likeness (QED) is 0.623. The smallest absolute Gasteiger partial charge is 0.303 e. The second kappa shape index (κ2) is 8.41. The molecular weight excluding hydrogens is 487 g/mol. The van der Waals surface area contributed by atoms with Crippen LogP contribution in [0.2, 0.25) is 10.0 Å². The number of hydrogen-bond acceptors (Lipinski definition) is 5. The van der Waals surface area contributed by atoms with E-state index in [4.69, 9.17) is 28.3 Å². The van der Waals surface area contributed by atoms with Gasteiger partial charge in [0.1, 0.15) is 5.02 Å². The molecule has 4 bridgehead atoms. The molecule has 7 rings (SSSR count). The van der Waals surface area contributed by atoms with E-state index in [0.717, 1.165) is 69.0 Å². The first-order valence-corrected chi connectivity index (χ1v) is 13.3. The van der Waals surface area contributed by atoms with Crippen LogP contribution in [0.4, 0.5) is 11.4 Å². The molecule has 1 aliphatic heterocycles. The Morgan fingerprint density at radius 2 is 1.74 bits per heavy atom. The molecule has 186 valence electrons. The lowest BCUT2D eigenvalue weighted by Gasteiger charge is -2.61. The largest absolute Gasteiger partial charge is 0.481 e. The van der Waals surface area contributed by atoms with Crippen LogP contribution in [0.1, 0.15) is 44.9 Å². The first-order chi connectivity index (χ1) is 16.8. The molecule has 0 amide bonds. The van der Waals surface area contributed by atoms with Gasteiger partial charge in [0.15, 0.2) is 0 Å². The second-order valence-electron chi connectivity index (χ2n) is 11.3. The van der Waals surface area contributed by atoms with Gasteiger partial charge in [0.25, 0.3) is 5.56 Å². The third-order valence-electron chi connectivity index (χ3n) is 8.82. The van der Waals surface area contributed by atoms with E-state index in [1.807, 2.05) is 18.2 Å². The molecule has 1 aromatic heterocycles. The summed E-state index contributed by atoms with van der Waals surface area (Å²) in [5.41, 5.74) is 0.898. The molecule has 0 spiro atoms. The number of nitrogens with zero attached hydrogens (tertiary/aromatic N) is 4. The number of carbonyl (C=O) groups is 1. The van der Waals surface area contributed by atoms with E-state index in [1.54, 1.807) is 10.9 Å². The van der Waals surface area contributed by atoms with Crippen LogP contribution in [0.15, 0.2) is 35.3 Å². The van der Waals surface area contributed by atoms with Crippen molar-refractivity contribution in [2.75, 3.05) is 36.0 Å². The number of carboxylic acids is 1. The summed E-state index contributed by atoms with van der Waals surface area (Å²) in [6.45, 7) is 3.05. The molecular formula is C26H30Cl2N4O3. The molecule has 2 aromatic rings. The highest BCUT2D eigenvalue weighted by molar-refractivity contribution is 6.33. The molecule has 9 heteroatoms. The molecule has 1 aromatic carbocycles. The summed E-state index contributed by atoms with van der Waals surface area (Å²) in [4.78, 5) is 29.7. The van der Waals surface area contributed by atoms with Gasteiger partial charge in [0.05, 0.1) is 23.8 Å². The van der Waals surface area contributed by atoms with Gasteiger partial charge in [-0.25, -0.2) is 4.68 Å². The molecule has 1 saturated heterocycles. The number of aliphatic carboxylic acids is 1. The van der Waals surface area contributed by atoms with E-state index in [0.29, 0.717) is 23.9 Å². The Bertz CT molecular complexity index is 1210. The van der Waals surface area contributed by atoms with E-state index in [1.165, 1.54) is 0 Å². The van der Waals surface area contributed by atoms with E-state index < -0.39 is 11.5 Å². The minimum atomic E-state index is -0.743. The highest BCUT2D eigenvalue weighted by Gasteiger charge is 2.59. The molecule has 5 aliphatic rings. The predicted molar refractivity (Wildman–Crippen MR) is 137 cm³/mol. The lowest BCUT2D eigenvalue weighted by atomic mass is 9.46. The number of carboxylic acid groups (broad SMARTS) is 1. The van der Waals surface area contributed by atoms with E-state index >= 15 is 0 Å². The van der Waals surface area contributed by atoms with Crippen LogP contribution in [-0.2, 0) is 10.3 Å². The van der Waals surface area contributed by atoms with Crippen LogP contribution in [0.3, 0.4) is 0 Å². The Kier molecular flexibility index (Phi) is 5.57. The number of piperazine rings is 1. The molecule has 4 saturated carbocycles. The van der Waals surface area contributed by atoms with Crippen molar-refractivity contribution in [1.29, 1.82) is 0 Å². The van der Waals surface area contributed by atoms with E-state index in [9.17, 15) is 14.7 Å². The van der Waals surface area contributed by atoms with Gasteiger partial charge in [-0.3, -0.25) is 9.59 Å². The summed E-state index contributed by atoms with van der Waals surface area (Å²) in [5.74, 6) is 0.178. The molecule has 2 unspecified atom stereocenters. The van der Waals surface area contributed by atoms with Crippen molar-refractivity contribution in [3.8, 4) is 0 Å². The number of aromatic nitrogens is 2. The zero-order valence-electron chi connectivity index (χ0n) is 19.6. The van der Waals surface area contributed by atoms with E-state index in [-0.39, 0.29) is 22.4 Å². The average Bonchev–Trinajstić information content (AvgIpc) is 2.79. The molecule has 7 nitrogen and oxygen atoms in total. The molecule has 5 fully saturated rings. The standard InChI is InChI=1S/C26H30Cl2N4O3/c27-19-2-1-3-20(9-19)30-4-6-31(7-5-30)21-15-29-32(24(35)23(21)28)26-12-17-8-18(13-26)11-25(10-17,16-26)14-22(33)34/h1-3,9,15,17-18H,4-8,10-14,16H2,(H,33,34). The fourth-order valence-electron chi connectivity index (χ4n) is 8.04. The minimum Gasteiger partial charge on any atom is -0.481 e. The maximum absolute atomic E-state index is 13.6. The molecule has 0 radical (unpaired) electrons. The van der Waals surface area contributed by atoms with Crippen molar-refractivity contribution in [1.82, 2.24) is 9.78 Å². The summed E-state index contributed by atoms with van der Waals surface area (Å²) in [5, 5.41) is 15.2. The number of rotatable bonds is 5. The van der Waals surface area contributed by atoms with Crippen LogP contribution in [-0.4, -0.2) is 47.0 Å². The minimum absolute atomic E-state index is 0.180. The third kappa shape index (κ3) is 4.01. The van der Waals surface area contributed by atoms with Crippen LogP contribution < -0.4 is 15.4 Å². The fourth-order valence-corrected chi connectivity index (χ4v) is 8.47. The SMILES string of the molecule is O=C(O)CC12CC3CC(C1)CC(n1ncc(N4CCN(c5cccc(Cl)c5)CC4)c(Cl)c1=O)(C3)C2. The van der Waals surface area contributed by atoms with Gasteiger partial charge in [-0.15, -0.1) is 0 Å². The number of halogens is 2. The summed E-state index contributed by atoms with van der Waals surface area (Å²) in [6.07, 6.45) is 7.47. The van der Waals surface area contributed by atoms with Gasteiger partial charge in [-0.05, 0) is 74.0 Å². The van der Waals surface area contributed by atoms with Gasteiger partial charge in [0, 0.05) is 36.9 Å². The molecule has 35 heavy (non-hydrogen) atoms. The second-order valence-corrected chi connectivity index (χ2v) is 12.1. The van der Waals surface area contributed by atoms with Crippen LogP contribution >= 0.6 is 23.2 Å². The van der Waals surface area contributed by atoms with E-state index in [2.05, 4.69) is 15.9 Å². The van der Waals surface area contributed by atoms with Crippen LogP contribution in [0.25, 0.3) is 0 Å². The van der Waals surface area contributed by atoms with Gasteiger partial charge in [-0.2, -0.15) is 5.10 Å². The maximum Gasteiger partial charge on any atom is 0.303 e. The summed E-state index contributed by atoms with van der Waals surface area (Å²) >= 11 is 12.9. The van der Waals surface area contributed by atoms with Crippen molar-refractivity contribution < 1.29 is 9.90 Å². The normalized spacial score (nSPS) is 31.7. The Labute approximate surface area is 214 Å². The van der Waals surface area contributed by atoms with Gasteiger partial charge >= 0.3 is 5.97 Å². The monoisotopic (exact) mass is 516 g/mol. The first kappa shape index (κ1) is 23.2. The highest BCUT2D eigenvalue weighted by Crippen LogP contribution is 2.65. The Morgan fingerprint density at radius 3 is 2.40 bits per heavy atom. The van der Waals surface area contributed by atoms with Crippen molar-refractivity contribution in [2.24, 2.45) is 17.3 Å². The molecule has 2 heterocycles. The Morgan fingerprint density at radius 1 is 1.06 bits per heavy atom. The van der Waals surface area contributed by atoms with Crippen molar-refractivity contribution >= 4 is 40.5 Å². The summed E-state index contributed by atoms with van der Waals surface area (Å²) < 4.78 is 1.63. The van der Waals surface area contributed by atoms with Gasteiger partial charge in [0.2, 0.25) is 0 Å². The predicted octanol–water partition coefficient (Wildman–Crippen LogP) is 4.65. The fraction of sp³-hybridized carbons (Fsp3) is 0.577. The molecule has 1 N–H and O–H groups in total. The van der Waals surface area contributed by atoms with Crippen molar-refractivity contribution in [3.05, 3.63) is 50.9 Å². The molecule has 2 atom stereocenters. The van der Waals surface area contributed by atoms with Crippen molar-refractivity contribution in [2.45, 2.75) is 50.5 Å². The lowest BCUT2D eigenvalue weighted by Crippen LogP contribution is -2.59. The summed E-state index contributed by atoms with van der Waals surface area (Å²) in [6, 6.07) is 7.85. The van der Waals surface area contributed by atoms with Crippen LogP contribution in [0, 0.1) is 17.3 Å². The highest BCUT2D eigenvalue weighted by atomic mass is 35.5. The maximum atomic E-state index is 13.6. The number of anilines is 2. The topological polar surface area (TPSA) is 78.7 Å². The van der Waals surface area contributed by atoms with Gasteiger partial charge < -0.3 is 14.9 Å². The summed E-state index contributed by atoms with van der Waals surface area (Å²) in [7, 11) is 0. The first-order valence-electron chi connectivity index (χ1n) is 12.5.